The average Bonchev–Trinajstić information content (AvgIpc) is 3.44. The molecule has 0 N–H and O–H groups in total. The van der Waals surface area contributed by atoms with Crippen LogP contribution in [0.3, 0.4) is 0 Å². The molecule has 0 spiro atoms. The Labute approximate surface area is 186 Å². The zero-order chi connectivity index (χ0) is 22.1. The Morgan fingerprint density at radius 3 is 2.44 bits per heavy atom. The maximum atomic E-state index is 12.5. The van der Waals surface area contributed by atoms with Crippen LogP contribution in [0, 0.1) is 6.92 Å². The minimum atomic E-state index is -0.258. The minimum Gasteiger partial charge on any atom is -0.445 e. The summed E-state index contributed by atoms with van der Waals surface area (Å²) in [6.07, 6.45) is 7.50. The van der Waals surface area contributed by atoms with Gasteiger partial charge in [0.15, 0.2) is 0 Å². The first kappa shape index (κ1) is 20.1. The first-order valence-corrected chi connectivity index (χ1v) is 10.8. The van der Waals surface area contributed by atoms with Crippen LogP contribution < -0.4 is 4.90 Å². The number of carbonyl (C=O) groups is 1. The predicted molar refractivity (Wildman–Crippen MR) is 123 cm³/mol. The fourth-order valence-electron chi connectivity index (χ4n) is 4.01. The highest BCUT2D eigenvalue weighted by molar-refractivity contribution is 5.76. The first-order valence-electron chi connectivity index (χ1n) is 10.8. The molecule has 0 radical (unpaired) electrons. The summed E-state index contributed by atoms with van der Waals surface area (Å²) in [6.45, 7) is 5.07. The van der Waals surface area contributed by atoms with Gasteiger partial charge in [0.05, 0.1) is 23.6 Å². The highest BCUT2D eigenvalue weighted by Gasteiger charge is 2.24. The van der Waals surface area contributed by atoms with E-state index in [0.717, 1.165) is 41.0 Å². The monoisotopic (exact) mass is 430 g/mol. The summed E-state index contributed by atoms with van der Waals surface area (Å²) in [5, 5.41) is 8.80. The molecule has 1 aliphatic heterocycles. The van der Waals surface area contributed by atoms with Gasteiger partial charge in [-0.05, 0) is 18.6 Å². The Bertz CT molecular complexity index is 1240. The number of hydrogen-bond acceptors (Lipinski definition) is 5. The third kappa shape index (κ3) is 4.03. The van der Waals surface area contributed by atoms with E-state index in [9.17, 15) is 4.79 Å². The van der Waals surface area contributed by atoms with Gasteiger partial charge < -0.3 is 14.5 Å². The molecule has 8 nitrogen and oxygen atoms in total. The summed E-state index contributed by atoms with van der Waals surface area (Å²) in [4.78, 5) is 16.5. The van der Waals surface area contributed by atoms with Crippen LogP contribution in [0.5, 0.6) is 0 Å². The predicted octanol–water partition coefficient (Wildman–Crippen LogP) is 3.50. The van der Waals surface area contributed by atoms with Crippen molar-refractivity contribution in [3.05, 3.63) is 72.3 Å². The van der Waals surface area contributed by atoms with Gasteiger partial charge in [-0.3, -0.25) is 4.68 Å². The van der Waals surface area contributed by atoms with E-state index >= 15 is 0 Å². The summed E-state index contributed by atoms with van der Waals surface area (Å²) in [5.74, 6) is 0. The van der Waals surface area contributed by atoms with Gasteiger partial charge in [-0.2, -0.15) is 10.2 Å². The van der Waals surface area contributed by atoms with Crippen molar-refractivity contribution in [3.8, 4) is 11.1 Å². The number of piperazine rings is 1. The second-order valence-corrected chi connectivity index (χ2v) is 8.19. The molecule has 4 heterocycles. The van der Waals surface area contributed by atoms with Crippen molar-refractivity contribution in [2.45, 2.75) is 13.5 Å². The number of nitrogens with zero attached hydrogens (tertiary/aromatic N) is 6. The van der Waals surface area contributed by atoms with E-state index in [2.05, 4.69) is 27.2 Å². The molecule has 1 fully saturated rings. The number of anilines is 1. The van der Waals surface area contributed by atoms with E-state index in [1.807, 2.05) is 67.5 Å². The zero-order valence-electron chi connectivity index (χ0n) is 18.3. The van der Waals surface area contributed by atoms with E-state index in [4.69, 9.17) is 4.74 Å². The van der Waals surface area contributed by atoms with Crippen molar-refractivity contribution in [3.63, 3.8) is 0 Å². The largest absolute Gasteiger partial charge is 0.445 e. The summed E-state index contributed by atoms with van der Waals surface area (Å²) in [5.41, 5.74) is 6.45. The van der Waals surface area contributed by atoms with Crippen LogP contribution >= 0.6 is 0 Å². The maximum absolute atomic E-state index is 12.5. The molecule has 0 aliphatic carbocycles. The minimum absolute atomic E-state index is 0.258. The molecule has 164 valence electrons. The quantitative estimate of drug-likeness (QED) is 0.496. The van der Waals surface area contributed by atoms with Crippen LogP contribution in [0.2, 0.25) is 0 Å². The number of rotatable bonds is 4. The molecule has 5 rings (SSSR count). The van der Waals surface area contributed by atoms with Gasteiger partial charge in [-0.15, -0.1) is 0 Å². The SMILES string of the molecule is Cc1ccc(COC(=O)N2CCN(c3cnn4cc(-c5cnn(C)c5)ccc34)CC2)cc1. The Morgan fingerprint density at radius 2 is 1.72 bits per heavy atom. The highest BCUT2D eigenvalue weighted by Crippen LogP contribution is 2.26. The summed E-state index contributed by atoms with van der Waals surface area (Å²) in [6, 6.07) is 12.2. The molecule has 1 amide bonds. The first-order chi connectivity index (χ1) is 15.6. The van der Waals surface area contributed by atoms with Crippen molar-refractivity contribution in [2.24, 2.45) is 7.05 Å². The van der Waals surface area contributed by atoms with Gasteiger partial charge in [0.2, 0.25) is 0 Å². The molecular weight excluding hydrogens is 404 g/mol. The third-order valence-electron chi connectivity index (χ3n) is 5.90. The van der Waals surface area contributed by atoms with Gasteiger partial charge >= 0.3 is 6.09 Å². The van der Waals surface area contributed by atoms with Crippen LogP contribution in [0.1, 0.15) is 11.1 Å². The van der Waals surface area contributed by atoms with Crippen LogP contribution in [0.15, 0.2) is 61.2 Å². The fourth-order valence-corrected chi connectivity index (χ4v) is 4.01. The summed E-state index contributed by atoms with van der Waals surface area (Å²) in [7, 11) is 1.91. The third-order valence-corrected chi connectivity index (χ3v) is 5.90. The number of amides is 1. The Hall–Kier alpha value is -3.81. The lowest BCUT2D eigenvalue weighted by Crippen LogP contribution is -2.48. The lowest BCUT2D eigenvalue weighted by Gasteiger charge is -2.34. The van der Waals surface area contributed by atoms with Gasteiger partial charge in [0.25, 0.3) is 0 Å². The smallest absolute Gasteiger partial charge is 0.410 e. The molecule has 1 saturated heterocycles. The number of fused-ring (bicyclic) bond motifs is 1. The summed E-state index contributed by atoms with van der Waals surface area (Å²) < 4.78 is 9.20. The molecule has 1 aromatic carbocycles. The van der Waals surface area contributed by atoms with Crippen LogP contribution in [0.4, 0.5) is 10.5 Å². The molecule has 32 heavy (non-hydrogen) atoms. The number of benzene rings is 1. The zero-order valence-corrected chi connectivity index (χ0v) is 18.3. The van der Waals surface area contributed by atoms with Crippen molar-refractivity contribution < 1.29 is 9.53 Å². The number of hydrogen-bond donors (Lipinski definition) is 0. The molecule has 0 bridgehead atoms. The summed E-state index contributed by atoms with van der Waals surface area (Å²) >= 11 is 0. The Kier molecular flexibility index (Phi) is 5.26. The topological polar surface area (TPSA) is 67.9 Å². The molecule has 8 heteroatoms. The number of ether oxygens (including phenoxy) is 1. The average molecular weight is 431 g/mol. The maximum Gasteiger partial charge on any atom is 0.410 e. The number of aromatic nitrogens is 4. The van der Waals surface area contributed by atoms with Crippen molar-refractivity contribution in [1.82, 2.24) is 24.3 Å². The normalized spacial score (nSPS) is 14.2. The van der Waals surface area contributed by atoms with Gasteiger partial charge in [-0.25, -0.2) is 9.31 Å². The van der Waals surface area contributed by atoms with Crippen molar-refractivity contribution in [2.75, 3.05) is 31.1 Å². The second-order valence-electron chi connectivity index (χ2n) is 8.19. The van der Waals surface area contributed by atoms with E-state index in [0.29, 0.717) is 19.7 Å². The fraction of sp³-hybridized carbons (Fsp3) is 0.292. The second kappa shape index (κ2) is 8.37. The van der Waals surface area contributed by atoms with E-state index in [1.165, 1.54) is 5.56 Å². The molecule has 0 atom stereocenters. The van der Waals surface area contributed by atoms with E-state index < -0.39 is 0 Å². The molecule has 0 saturated carbocycles. The van der Waals surface area contributed by atoms with Gasteiger partial charge in [-0.1, -0.05) is 35.9 Å². The van der Waals surface area contributed by atoms with Crippen LogP contribution in [-0.4, -0.2) is 56.6 Å². The lowest BCUT2D eigenvalue weighted by atomic mass is 10.1. The Balaban J connectivity index is 1.21. The van der Waals surface area contributed by atoms with E-state index in [1.54, 1.807) is 9.58 Å². The van der Waals surface area contributed by atoms with Gasteiger partial charge in [0, 0.05) is 56.7 Å². The van der Waals surface area contributed by atoms with E-state index in [-0.39, 0.29) is 6.09 Å². The van der Waals surface area contributed by atoms with Crippen LogP contribution in [0.25, 0.3) is 16.6 Å². The number of carbonyl (C=O) groups excluding carboxylic acids is 1. The lowest BCUT2D eigenvalue weighted by molar-refractivity contribution is 0.0942. The van der Waals surface area contributed by atoms with Crippen LogP contribution in [-0.2, 0) is 18.4 Å². The molecule has 0 unspecified atom stereocenters. The molecular formula is C24H26N6O2. The molecule has 1 aliphatic rings. The van der Waals surface area contributed by atoms with Gasteiger partial charge in [0.1, 0.15) is 6.61 Å². The number of pyridine rings is 1. The number of aryl methyl sites for hydroxylation is 2. The standard InChI is InChI=1S/C24H26N6O2/c1-18-3-5-19(6-4-18)17-32-24(31)29-11-9-28(10-12-29)23-14-26-30-16-20(7-8-22(23)30)21-13-25-27(2)15-21/h3-8,13-16H,9-12,17H2,1-2H3. The molecule has 4 aromatic rings. The Morgan fingerprint density at radius 1 is 0.938 bits per heavy atom. The molecule has 3 aromatic heterocycles. The van der Waals surface area contributed by atoms with Crippen molar-refractivity contribution >= 4 is 17.3 Å². The highest BCUT2D eigenvalue weighted by atomic mass is 16.6. The van der Waals surface area contributed by atoms with Crippen molar-refractivity contribution in [1.29, 1.82) is 0 Å².